The van der Waals surface area contributed by atoms with Crippen molar-refractivity contribution in [2.75, 3.05) is 26.4 Å². The first kappa shape index (κ1) is 36.8. The minimum atomic E-state index is -1.16. The van der Waals surface area contributed by atoms with E-state index in [9.17, 15) is 14.4 Å². The Morgan fingerprint density at radius 1 is 0.913 bits per heavy atom. The molecule has 0 unspecified atom stereocenters. The third kappa shape index (κ3) is 11.0. The highest BCUT2D eigenvalue weighted by atomic mass is 32.1. The normalized spacial score (nSPS) is 13.1. The van der Waals surface area contributed by atoms with E-state index in [-0.39, 0.29) is 12.0 Å². The summed E-state index contributed by atoms with van der Waals surface area (Å²) in [6, 6.07) is 13.4. The average Bonchev–Trinajstić information content (AvgIpc) is 3.39. The first-order valence-corrected chi connectivity index (χ1v) is 16.5. The monoisotopic (exact) mass is 656 g/mol. The van der Waals surface area contributed by atoms with E-state index in [0.717, 1.165) is 21.2 Å². The smallest absolute Gasteiger partial charge is 0.338 e. The predicted octanol–water partition coefficient (Wildman–Crippen LogP) is 4.87. The fraction of sp³-hybridized carbons (Fsp3) is 0.500. The van der Waals surface area contributed by atoms with E-state index in [0.29, 0.717) is 31.9 Å². The Balaban J connectivity index is 1.82. The fourth-order valence-electron chi connectivity index (χ4n) is 4.99. The van der Waals surface area contributed by atoms with Crippen molar-refractivity contribution in [1.82, 2.24) is 21.4 Å². The van der Waals surface area contributed by atoms with E-state index in [4.69, 9.17) is 19.0 Å². The molecule has 0 saturated carbocycles. The molecule has 1 heterocycles. The molecule has 3 aromatic rings. The number of thiophene rings is 1. The summed E-state index contributed by atoms with van der Waals surface area (Å²) in [6.07, 6.45) is 0.598. The first-order valence-electron chi connectivity index (χ1n) is 15.7. The molecule has 0 fully saturated rings. The number of rotatable bonds is 17. The molecule has 3 rings (SSSR count). The molecule has 252 valence electrons. The summed E-state index contributed by atoms with van der Waals surface area (Å²) in [6.45, 7) is 13.9. The molecule has 4 amide bonds. The minimum absolute atomic E-state index is 0.190. The van der Waals surface area contributed by atoms with Crippen molar-refractivity contribution >= 4 is 39.3 Å². The van der Waals surface area contributed by atoms with E-state index in [1.165, 1.54) is 0 Å². The van der Waals surface area contributed by atoms with Crippen LogP contribution in [-0.4, -0.2) is 67.7 Å². The molecular weight excluding hydrogens is 608 g/mol. The number of ether oxygens (including phenoxy) is 3. The zero-order chi connectivity index (χ0) is 33.7. The van der Waals surface area contributed by atoms with Crippen molar-refractivity contribution in [2.24, 2.45) is 0 Å². The van der Waals surface area contributed by atoms with Gasteiger partial charge in [0.15, 0.2) is 12.4 Å². The number of hydrogen-bond donors (Lipinski definition) is 4. The zero-order valence-corrected chi connectivity index (χ0v) is 28.7. The standard InChI is InChI=1S/C34H48N4O7S/c1-8-35-32(41)38-44-21-30(39)37-28(19-24-15-17-26(18-16-24)45-33(5,6)7)31(40)36-23(4)34(42-9-2,43-10-3)20-25-22-46-29-14-12-11-13-27(25)29/h11-18,22-23,28H,8-10,19-21H2,1-7H3,(H,36,40)(H,37,39)(H2,35,38,41)/t23-,28-/m0/s1. The highest BCUT2D eigenvalue weighted by Crippen LogP contribution is 2.32. The predicted molar refractivity (Wildman–Crippen MR) is 180 cm³/mol. The Hall–Kier alpha value is -3.71. The van der Waals surface area contributed by atoms with Gasteiger partial charge in [-0.05, 0) is 88.6 Å². The SMILES string of the molecule is CCNC(=O)NOCC(=O)N[C@@H](Cc1ccc(OC(C)(C)C)cc1)C(=O)N[C@@H](C)C(Cc1csc2ccccc12)(OCC)OCC. The van der Waals surface area contributed by atoms with Crippen molar-refractivity contribution in [3.63, 3.8) is 0 Å². The molecule has 2 atom stereocenters. The maximum absolute atomic E-state index is 13.9. The third-order valence-corrected chi connectivity index (χ3v) is 7.95. The van der Waals surface area contributed by atoms with Crippen molar-refractivity contribution < 1.29 is 33.4 Å². The van der Waals surface area contributed by atoms with E-state index in [1.807, 2.05) is 77.9 Å². The van der Waals surface area contributed by atoms with Gasteiger partial charge in [-0.15, -0.1) is 11.3 Å². The maximum atomic E-state index is 13.9. The quantitative estimate of drug-likeness (QED) is 0.120. The number of nitrogens with one attached hydrogen (secondary N) is 4. The number of amides is 4. The van der Waals surface area contributed by atoms with Crippen molar-refractivity contribution in [3.05, 3.63) is 65.0 Å². The molecule has 0 aliphatic heterocycles. The fourth-order valence-corrected chi connectivity index (χ4v) is 5.95. The van der Waals surface area contributed by atoms with Gasteiger partial charge < -0.3 is 30.2 Å². The van der Waals surface area contributed by atoms with E-state index < -0.39 is 42.3 Å². The molecule has 1 aromatic heterocycles. The number of hydroxylamine groups is 1. The third-order valence-electron chi connectivity index (χ3n) is 6.94. The Bertz CT molecular complexity index is 1410. The molecule has 46 heavy (non-hydrogen) atoms. The van der Waals surface area contributed by atoms with E-state index >= 15 is 0 Å². The Labute approximate surface area is 275 Å². The first-order chi connectivity index (χ1) is 21.9. The van der Waals surface area contributed by atoms with Crippen LogP contribution in [0.15, 0.2) is 53.9 Å². The van der Waals surface area contributed by atoms with Gasteiger partial charge >= 0.3 is 6.03 Å². The number of fused-ring (bicyclic) bond motifs is 1. The summed E-state index contributed by atoms with van der Waals surface area (Å²) < 4.78 is 19.6. The Morgan fingerprint density at radius 2 is 1.59 bits per heavy atom. The van der Waals surface area contributed by atoms with Crippen LogP contribution in [0.5, 0.6) is 5.75 Å². The number of carbonyl (C=O) groups excluding carboxylic acids is 3. The van der Waals surface area contributed by atoms with Gasteiger partial charge in [0.2, 0.25) is 11.8 Å². The lowest BCUT2D eigenvalue weighted by molar-refractivity contribution is -0.246. The number of urea groups is 1. The average molecular weight is 657 g/mol. The molecule has 12 heteroatoms. The van der Waals surface area contributed by atoms with Crippen LogP contribution < -0.4 is 26.2 Å². The molecule has 0 bridgehead atoms. The lowest BCUT2D eigenvalue weighted by Gasteiger charge is -2.39. The minimum Gasteiger partial charge on any atom is -0.488 e. The van der Waals surface area contributed by atoms with Gasteiger partial charge in [0.05, 0.1) is 6.04 Å². The highest BCUT2D eigenvalue weighted by molar-refractivity contribution is 7.17. The lowest BCUT2D eigenvalue weighted by Crippen LogP contribution is -2.59. The van der Waals surface area contributed by atoms with Gasteiger partial charge in [0.1, 0.15) is 17.4 Å². The topological polar surface area (TPSA) is 136 Å². The van der Waals surface area contributed by atoms with Crippen molar-refractivity contribution in [1.29, 1.82) is 0 Å². The lowest BCUT2D eigenvalue weighted by atomic mass is 9.97. The summed E-state index contributed by atoms with van der Waals surface area (Å²) in [5.41, 5.74) is 3.65. The summed E-state index contributed by atoms with van der Waals surface area (Å²) >= 11 is 1.65. The number of hydrogen-bond acceptors (Lipinski definition) is 8. The second-order valence-corrected chi connectivity index (χ2v) is 12.7. The van der Waals surface area contributed by atoms with Gasteiger partial charge in [-0.2, -0.15) is 0 Å². The molecule has 0 spiro atoms. The number of carbonyl (C=O) groups is 3. The molecular formula is C34H48N4O7S. The molecule has 0 saturated heterocycles. The largest absolute Gasteiger partial charge is 0.488 e. The van der Waals surface area contributed by atoms with Crippen LogP contribution in [0.4, 0.5) is 4.79 Å². The van der Waals surface area contributed by atoms with Gasteiger partial charge in [0.25, 0.3) is 0 Å². The van der Waals surface area contributed by atoms with Gasteiger partial charge in [-0.1, -0.05) is 30.3 Å². The summed E-state index contributed by atoms with van der Waals surface area (Å²) in [5.74, 6) is -1.48. The zero-order valence-electron chi connectivity index (χ0n) is 27.9. The molecule has 0 radical (unpaired) electrons. The second-order valence-electron chi connectivity index (χ2n) is 11.8. The molecule has 11 nitrogen and oxygen atoms in total. The highest BCUT2D eigenvalue weighted by Gasteiger charge is 2.41. The van der Waals surface area contributed by atoms with Crippen LogP contribution in [0.25, 0.3) is 10.1 Å². The van der Waals surface area contributed by atoms with Crippen LogP contribution in [0.2, 0.25) is 0 Å². The summed E-state index contributed by atoms with van der Waals surface area (Å²) in [7, 11) is 0. The number of benzene rings is 2. The van der Waals surface area contributed by atoms with Crippen LogP contribution in [-0.2, 0) is 36.7 Å². The van der Waals surface area contributed by atoms with E-state index in [1.54, 1.807) is 18.3 Å². The summed E-state index contributed by atoms with van der Waals surface area (Å²) in [4.78, 5) is 43.4. The molecule has 4 N–H and O–H groups in total. The molecule has 0 aliphatic carbocycles. The van der Waals surface area contributed by atoms with Crippen molar-refractivity contribution in [2.45, 2.75) is 84.8 Å². The molecule has 2 aromatic carbocycles. The second kappa shape index (κ2) is 17.3. The Kier molecular flexibility index (Phi) is 13.8. The van der Waals surface area contributed by atoms with Gasteiger partial charge in [0, 0.05) is 37.3 Å². The van der Waals surface area contributed by atoms with Crippen LogP contribution in [0, 0.1) is 0 Å². The summed E-state index contributed by atoms with van der Waals surface area (Å²) in [5, 5.41) is 11.5. The molecule has 0 aliphatic rings. The van der Waals surface area contributed by atoms with Crippen molar-refractivity contribution in [3.8, 4) is 5.75 Å². The van der Waals surface area contributed by atoms with Crippen LogP contribution >= 0.6 is 11.3 Å². The van der Waals surface area contributed by atoms with Crippen LogP contribution in [0.1, 0.15) is 59.6 Å². The van der Waals surface area contributed by atoms with Crippen LogP contribution in [0.3, 0.4) is 0 Å². The Morgan fingerprint density at radius 3 is 2.22 bits per heavy atom. The van der Waals surface area contributed by atoms with Gasteiger partial charge in [-0.3, -0.25) is 14.4 Å². The maximum Gasteiger partial charge on any atom is 0.338 e. The van der Waals surface area contributed by atoms with Gasteiger partial charge in [-0.25, -0.2) is 10.3 Å². The van der Waals surface area contributed by atoms with E-state index in [2.05, 4.69) is 38.9 Å².